The summed E-state index contributed by atoms with van der Waals surface area (Å²) in [5, 5.41) is 20.9. The Hall–Kier alpha value is -2.14. The van der Waals surface area contributed by atoms with Gasteiger partial charge >= 0.3 is 0 Å². The van der Waals surface area contributed by atoms with Gasteiger partial charge in [-0.15, -0.1) is 0 Å². The van der Waals surface area contributed by atoms with Crippen LogP contribution in [-0.4, -0.2) is 49.4 Å². The molecule has 2 heterocycles. The second kappa shape index (κ2) is 7.52. The molecule has 30 heavy (non-hydrogen) atoms. The lowest BCUT2D eigenvalue weighted by Crippen LogP contribution is -2.42. The summed E-state index contributed by atoms with van der Waals surface area (Å²) >= 11 is 0. The molecule has 2 atom stereocenters. The lowest BCUT2D eigenvalue weighted by atomic mass is 9.99. The topological polar surface area (TPSA) is 118 Å². The van der Waals surface area contributed by atoms with E-state index >= 15 is 0 Å². The normalized spacial score (nSPS) is 20.9. The standard InChI is InChI=1S/C20H27N5O4S/c1-21-14-10-25-19(29-11-14)17(9-22-25)30(27,28)24-20(26)23-18-15-6-2-4-12(15)8-13-5-3-7-16(13)18/h8-9,14,20-21,23-24,26H,2-7,10-11H2,1H3. The van der Waals surface area contributed by atoms with E-state index in [0.717, 1.165) is 44.2 Å². The number of rotatable bonds is 6. The second-order valence-electron chi connectivity index (χ2n) is 8.19. The molecule has 4 N–H and O–H groups in total. The molecule has 1 aliphatic heterocycles. The number of aliphatic hydroxyl groups is 1. The van der Waals surface area contributed by atoms with Gasteiger partial charge in [0.15, 0.2) is 11.2 Å². The summed E-state index contributed by atoms with van der Waals surface area (Å²) in [6.07, 6.45) is 5.95. The lowest BCUT2D eigenvalue weighted by molar-refractivity contribution is 0.182. The molecule has 0 spiro atoms. The number of aromatic nitrogens is 2. The maximum absolute atomic E-state index is 12.9. The van der Waals surface area contributed by atoms with E-state index in [1.165, 1.54) is 33.1 Å². The van der Waals surface area contributed by atoms with Crippen LogP contribution in [0.5, 0.6) is 5.88 Å². The lowest BCUT2D eigenvalue weighted by Gasteiger charge is -2.24. The van der Waals surface area contributed by atoms with Gasteiger partial charge in [-0.25, -0.2) is 13.1 Å². The maximum Gasteiger partial charge on any atom is 0.251 e. The second-order valence-corrected chi connectivity index (χ2v) is 9.88. The van der Waals surface area contributed by atoms with Crippen LogP contribution in [0.25, 0.3) is 0 Å². The van der Waals surface area contributed by atoms with Gasteiger partial charge in [-0.1, -0.05) is 6.07 Å². The van der Waals surface area contributed by atoms with Gasteiger partial charge in [0.1, 0.15) is 6.61 Å². The molecule has 0 radical (unpaired) electrons. The minimum atomic E-state index is -4.02. The van der Waals surface area contributed by atoms with E-state index < -0.39 is 16.4 Å². The highest BCUT2D eigenvalue weighted by Gasteiger charge is 2.31. The first kappa shape index (κ1) is 19.8. The Kier molecular flexibility index (Phi) is 4.97. The smallest absolute Gasteiger partial charge is 0.251 e. The minimum Gasteiger partial charge on any atom is -0.475 e. The molecule has 162 valence electrons. The average Bonchev–Trinajstić information content (AvgIpc) is 3.45. The molecule has 1 aromatic carbocycles. The molecule has 2 unspecified atom stereocenters. The molecule has 2 aromatic rings. The molecule has 0 saturated carbocycles. The van der Waals surface area contributed by atoms with Gasteiger partial charge in [-0.05, 0) is 67.8 Å². The Morgan fingerprint density at radius 1 is 1.20 bits per heavy atom. The van der Waals surface area contributed by atoms with E-state index in [0.29, 0.717) is 13.2 Å². The molecule has 0 bridgehead atoms. The summed E-state index contributed by atoms with van der Waals surface area (Å²) in [5.41, 5.74) is 5.94. The van der Waals surface area contributed by atoms with E-state index in [2.05, 4.69) is 26.5 Å². The van der Waals surface area contributed by atoms with Crippen molar-refractivity contribution in [1.29, 1.82) is 0 Å². The molecule has 1 aromatic heterocycles. The van der Waals surface area contributed by atoms with Crippen molar-refractivity contribution in [3.63, 3.8) is 0 Å². The van der Waals surface area contributed by atoms with Gasteiger partial charge in [0.2, 0.25) is 5.88 Å². The van der Waals surface area contributed by atoms with Crippen molar-refractivity contribution in [3.8, 4) is 5.88 Å². The van der Waals surface area contributed by atoms with Crippen LogP contribution >= 0.6 is 0 Å². The number of fused-ring (bicyclic) bond motifs is 3. The highest BCUT2D eigenvalue weighted by molar-refractivity contribution is 7.89. The van der Waals surface area contributed by atoms with Gasteiger partial charge in [0.05, 0.1) is 18.8 Å². The summed E-state index contributed by atoms with van der Waals surface area (Å²) in [4.78, 5) is -0.0681. The van der Waals surface area contributed by atoms with Crippen molar-refractivity contribution in [1.82, 2.24) is 19.8 Å². The predicted molar refractivity (Wildman–Crippen MR) is 111 cm³/mol. The molecule has 0 fully saturated rings. The van der Waals surface area contributed by atoms with Crippen LogP contribution in [0.2, 0.25) is 0 Å². The summed E-state index contributed by atoms with van der Waals surface area (Å²) in [6.45, 7) is 0.873. The number of sulfonamides is 1. The van der Waals surface area contributed by atoms with Gasteiger partial charge in [0, 0.05) is 5.69 Å². The van der Waals surface area contributed by atoms with Crippen molar-refractivity contribution < 1.29 is 18.3 Å². The molecular weight excluding hydrogens is 406 g/mol. The maximum atomic E-state index is 12.9. The highest BCUT2D eigenvalue weighted by Crippen LogP contribution is 2.38. The Balaban J connectivity index is 1.37. The fourth-order valence-electron chi connectivity index (χ4n) is 4.80. The minimum absolute atomic E-state index is 0.0652. The average molecular weight is 434 g/mol. The third kappa shape index (κ3) is 3.37. The summed E-state index contributed by atoms with van der Waals surface area (Å²) in [5.74, 6) is 0.197. The zero-order chi connectivity index (χ0) is 20.9. The number of aliphatic hydroxyl groups excluding tert-OH is 1. The third-order valence-electron chi connectivity index (χ3n) is 6.29. The SMILES string of the molecule is CNC1COc2c(S(=O)(=O)NC(O)Nc3c4c(cc5c3CCC5)CCC4)cnn2C1. The van der Waals surface area contributed by atoms with E-state index in [1.54, 1.807) is 0 Å². The van der Waals surface area contributed by atoms with Crippen molar-refractivity contribution in [2.24, 2.45) is 0 Å². The van der Waals surface area contributed by atoms with Crippen LogP contribution < -0.4 is 20.1 Å². The predicted octanol–water partition coefficient (Wildman–Crippen LogP) is 0.507. The molecule has 0 amide bonds. The van der Waals surface area contributed by atoms with E-state index in [9.17, 15) is 13.5 Å². The molecule has 0 saturated heterocycles. The van der Waals surface area contributed by atoms with Crippen LogP contribution in [0.15, 0.2) is 17.2 Å². The monoisotopic (exact) mass is 433 g/mol. The summed E-state index contributed by atoms with van der Waals surface area (Å²) < 4.78 is 35.3. The number of nitrogens with zero attached hydrogens (tertiary/aromatic N) is 2. The van der Waals surface area contributed by atoms with E-state index in [1.807, 2.05) is 7.05 Å². The van der Waals surface area contributed by atoms with Gasteiger partial charge in [-0.2, -0.15) is 9.82 Å². The molecular formula is C20H27N5O4S. The first-order valence-corrected chi connectivity index (χ1v) is 11.9. The van der Waals surface area contributed by atoms with Crippen molar-refractivity contribution >= 4 is 15.7 Å². The van der Waals surface area contributed by atoms with E-state index in [4.69, 9.17) is 4.74 Å². The Bertz CT molecular complexity index is 1050. The van der Waals surface area contributed by atoms with Crippen molar-refractivity contribution in [2.45, 2.75) is 62.4 Å². The number of hydrogen-bond acceptors (Lipinski definition) is 7. The fourth-order valence-corrected chi connectivity index (χ4v) is 5.86. The van der Waals surface area contributed by atoms with Crippen molar-refractivity contribution in [2.75, 3.05) is 19.0 Å². The third-order valence-corrected chi connectivity index (χ3v) is 7.69. The highest BCUT2D eigenvalue weighted by atomic mass is 32.2. The Morgan fingerprint density at radius 3 is 2.57 bits per heavy atom. The number of ether oxygens (including phenoxy) is 1. The fraction of sp³-hybridized carbons (Fsp3) is 0.550. The van der Waals surface area contributed by atoms with Gasteiger partial charge < -0.3 is 20.5 Å². The number of benzene rings is 1. The zero-order valence-electron chi connectivity index (χ0n) is 16.9. The molecule has 10 heteroatoms. The number of anilines is 1. The van der Waals surface area contributed by atoms with Gasteiger partial charge in [0.25, 0.3) is 10.0 Å². The molecule has 3 aliphatic rings. The quantitative estimate of drug-likeness (QED) is 0.490. The van der Waals surface area contributed by atoms with Crippen LogP contribution in [0, 0.1) is 0 Å². The first-order valence-electron chi connectivity index (χ1n) is 10.5. The molecule has 2 aliphatic carbocycles. The van der Waals surface area contributed by atoms with Crippen LogP contribution in [0.3, 0.4) is 0 Å². The van der Waals surface area contributed by atoms with Crippen molar-refractivity contribution in [3.05, 3.63) is 34.5 Å². The molecule has 9 nitrogen and oxygen atoms in total. The van der Waals surface area contributed by atoms with E-state index in [-0.39, 0.29) is 16.8 Å². The first-order chi connectivity index (χ1) is 14.5. The zero-order valence-corrected chi connectivity index (χ0v) is 17.8. The van der Waals surface area contributed by atoms with Crippen LogP contribution in [-0.2, 0) is 42.3 Å². The molecule has 5 rings (SSSR count). The largest absolute Gasteiger partial charge is 0.475 e. The van der Waals surface area contributed by atoms with Crippen LogP contribution in [0.1, 0.15) is 35.1 Å². The Morgan fingerprint density at radius 2 is 1.90 bits per heavy atom. The summed E-state index contributed by atoms with van der Waals surface area (Å²) in [6, 6.07) is 2.36. The number of nitrogens with one attached hydrogen (secondary N) is 3. The van der Waals surface area contributed by atoms with Gasteiger partial charge in [-0.3, -0.25) is 0 Å². The Labute approximate surface area is 175 Å². The number of likely N-dealkylation sites (N-methyl/N-ethyl adjacent to an activating group) is 1. The summed E-state index contributed by atoms with van der Waals surface area (Å²) in [7, 11) is -2.20. The number of hydrogen-bond donors (Lipinski definition) is 4. The number of aryl methyl sites for hydroxylation is 2. The van der Waals surface area contributed by atoms with Crippen LogP contribution in [0.4, 0.5) is 5.69 Å².